The first kappa shape index (κ1) is 13.8. The van der Waals surface area contributed by atoms with E-state index in [1.807, 2.05) is 18.4 Å². The van der Waals surface area contributed by atoms with Crippen LogP contribution >= 0.6 is 22.9 Å². The van der Waals surface area contributed by atoms with Crippen LogP contribution in [0.25, 0.3) is 10.6 Å². The number of aromatic nitrogens is 1. The Morgan fingerprint density at radius 3 is 3.00 bits per heavy atom. The molecule has 19 heavy (non-hydrogen) atoms. The van der Waals surface area contributed by atoms with Crippen LogP contribution in [0.5, 0.6) is 0 Å². The van der Waals surface area contributed by atoms with Gasteiger partial charge >= 0.3 is 0 Å². The number of nitrogens with two attached hydrogens (primary N) is 1. The predicted octanol–water partition coefficient (Wildman–Crippen LogP) is 2.72. The number of carbonyl (C=O) groups is 1. The summed E-state index contributed by atoms with van der Waals surface area (Å²) in [5.74, 6) is -0.0185. The van der Waals surface area contributed by atoms with E-state index in [1.54, 1.807) is 12.1 Å². The fourth-order valence-corrected chi connectivity index (χ4v) is 2.56. The van der Waals surface area contributed by atoms with E-state index in [1.165, 1.54) is 11.3 Å². The van der Waals surface area contributed by atoms with Crippen LogP contribution in [-0.2, 0) is 11.2 Å². The molecule has 100 valence electrons. The summed E-state index contributed by atoms with van der Waals surface area (Å²) in [5, 5.41) is 6.00. The Morgan fingerprint density at radius 2 is 2.32 bits per heavy atom. The van der Waals surface area contributed by atoms with Crippen LogP contribution < -0.4 is 11.1 Å². The lowest BCUT2D eigenvalue weighted by molar-refractivity contribution is -0.120. The smallest absolute Gasteiger partial charge is 0.226 e. The molecule has 1 amide bonds. The molecule has 0 bridgehead atoms. The molecular formula is C13H14ClN3OS. The lowest BCUT2D eigenvalue weighted by Crippen LogP contribution is -2.24. The van der Waals surface area contributed by atoms with Gasteiger partial charge in [-0.05, 0) is 19.1 Å². The molecule has 0 saturated heterocycles. The number of hydrogen-bond donors (Lipinski definition) is 2. The molecule has 0 saturated carbocycles. The fourth-order valence-electron chi connectivity index (χ4n) is 1.62. The monoisotopic (exact) mass is 295 g/mol. The lowest BCUT2D eigenvalue weighted by Gasteiger charge is -2.01. The third-order valence-electron chi connectivity index (χ3n) is 2.51. The van der Waals surface area contributed by atoms with Crippen LogP contribution in [0.15, 0.2) is 23.6 Å². The first-order chi connectivity index (χ1) is 9.10. The van der Waals surface area contributed by atoms with Crippen molar-refractivity contribution < 1.29 is 4.79 Å². The molecule has 0 atom stereocenters. The SMILES string of the molecule is CCNC(=O)Cc1csc(-c2ccc(Cl)c(N)c2)n1. The minimum absolute atomic E-state index is 0.0185. The molecule has 0 radical (unpaired) electrons. The average molecular weight is 296 g/mol. The zero-order valence-corrected chi connectivity index (χ0v) is 12.0. The van der Waals surface area contributed by atoms with E-state index in [0.717, 1.165) is 16.3 Å². The second kappa shape index (κ2) is 6.04. The topological polar surface area (TPSA) is 68.0 Å². The Bertz CT molecular complexity index is 597. The van der Waals surface area contributed by atoms with E-state index in [-0.39, 0.29) is 5.91 Å². The van der Waals surface area contributed by atoms with Crippen molar-refractivity contribution in [2.75, 3.05) is 12.3 Å². The molecule has 4 nitrogen and oxygen atoms in total. The van der Waals surface area contributed by atoms with Crippen molar-refractivity contribution in [2.24, 2.45) is 0 Å². The maximum atomic E-state index is 11.5. The number of nitrogens with one attached hydrogen (secondary N) is 1. The Hall–Kier alpha value is -1.59. The predicted molar refractivity (Wildman–Crippen MR) is 79.4 cm³/mol. The van der Waals surface area contributed by atoms with Crippen molar-refractivity contribution in [1.82, 2.24) is 10.3 Å². The molecule has 6 heteroatoms. The molecule has 1 heterocycles. The van der Waals surface area contributed by atoms with Gasteiger partial charge in [0.1, 0.15) is 5.01 Å². The van der Waals surface area contributed by atoms with Crippen molar-refractivity contribution in [3.63, 3.8) is 0 Å². The molecule has 1 aromatic carbocycles. The van der Waals surface area contributed by atoms with Gasteiger partial charge in [0, 0.05) is 17.5 Å². The Balaban J connectivity index is 2.16. The summed E-state index contributed by atoms with van der Waals surface area (Å²) in [6.07, 6.45) is 0.299. The minimum Gasteiger partial charge on any atom is -0.398 e. The molecule has 0 spiro atoms. The third-order valence-corrected chi connectivity index (χ3v) is 3.79. The van der Waals surface area contributed by atoms with Crippen LogP contribution in [0.1, 0.15) is 12.6 Å². The lowest BCUT2D eigenvalue weighted by atomic mass is 10.2. The summed E-state index contributed by atoms with van der Waals surface area (Å²) in [4.78, 5) is 15.9. The maximum absolute atomic E-state index is 11.5. The zero-order valence-electron chi connectivity index (χ0n) is 10.4. The highest BCUT2D eigenvalue weighted by Gasteiger charge is 2.09. The fraction of sp³-hybridized carbons (Fsp3) is 0.231. The van der Waals surface area contributed by atoms with Gasteiger partial charge < -0.3 is 11.1 Å². The van der Waals surface area contributed by atoms with E-state index in [9.17, 15) is 4.79 Å². The summed E-state index contributed by atoms with van der Waals surface area (Å²) in [6.45, 7) is 2.52. The molecule has 3 N–H and O–H groups in total. The van der Waals surface area contributed by atoms with Gasteiger partial charge in [-0.2, -0.15) is 0 Å². The van der Waals surface area contributed by atoms with Crippen LogP contribution in [-0.4, -0.2) is 17.4 Å². The van der Waals surface area contributed by atoms with Crippen LogP contribution in [0.3, 0.4) is 0 Å². The minimum atomic E-state index is -0.0185. The van der Waals surface area contributed by atoms with Crippen molar-refractivity contribution in [3.05, 3.63) is 34.3 Å². The Kier molecular flexibility index (Phi) is 4.39. The Morgan fingerprint density at radius 1 is 1.53 bits per heavy atom. The number of nitrogens with zero attached hydrogens (tertiary/aromatic N) is 1. The molecular weight excluding hydrogens is 282 g/mol. The van der Waals surface area contributed by atoms with Crippen molar-refractivity contribution in [3.8, 4) is 10.6 Å². The molecule has 2 aromatic rings. The van der Waals surface area contributed by atoms with Crippen LogP contribution in [0.4, 0.5) is 5.69 Å². The van der Waals surface area contributed by atoms with Crippen molar-refractivity contribution in [2.45, 2.75) is 13.3 Å². The van der Waals surface area contributed by atoms with Crippen molar-refractivity contribution in [1.29, 1.82) is 0 Å². The molecule has 2 rings (SSSR count). The summed E-state index contributed by atoms with van der Waals surface area (Å²) >= 11 is 7.37. The van der Waals surface area contributed by atoms with Crippen LogP contribution in [0.2, 0.25) is 5.02 Å². The van der Waals surface area contributed by atoms with Gasteiger partial charge in [-0.1, -0.05) is 17.7 Å². The van der Waals surface area contributed by atoms with Gasteiger partial charge in [-0.3, -0.25) is 4.79 Å². The number of nitrogen functional groups attached to an aromatic ring is 1. The number of rotatable bonds is 4. The molecule has 0 aliphatic rings. The highest BCUT2D eigenvalue weighted by atomic mass is 35.5. The second-order valence-electron chi connectivity index (χ2n) is 4.01. The number of benzene rings is 1. The number of anilines is 1. The normalized spacial score (nSPS) is 10.4. The first-order valence-corrected chi connectivity index (χ1v) is 7.12. The number of thiazole rings is 1. The highest BCUT2D eigenvalue weighted by Crippen LogP contribution is 2.29. The third kappa shape index (κ3) is 3.45. The summed E-state index contributed by atoms with van der Waals surface area (Å²) in [7, 11) is 0. The first-order valence-electron chi connectivity index (χ1n) is 5.86. The number of carbonyl (C=O) groups excluding carboxylic acids is 1. The van der Waals surface area contributed by atoms with Gasteiger partial charge in [0.05, 0.1) is 22.8 Å². The van der Waals surface area contributed by atoms with Crippen molar-refractivity contribution >= 4 is 34.5 Å². The second-order valence-corrected chi connectivity index (χ2v) is 5.28. The average Bonchev–Trinajstić information content (AvgIpc) is 2.81. The van der Waals surface area contributed by atoms with E-state index in [0.29, 0.717) is 23.7 Å². The van der Waals surface area contributed by atoms with E-state index < -0.39 is 0 Å². The highest BCUT2D eigenvalue weighted by molar-refractivity contribution is 7.13. The summed E-state index contributed by atoms with van der Waals surface area (Å²) < 4.78 is 0. The summed E-state index contributed by atoms with van der Waals surface area (Å²) in [6, 6.07) is 5.40. The molecule has 0 unspecified atom stereocenters. The standard InChI is InChI=1S/C13H14ClN3OS/c1-2-16-12(18)6-9-7-19-13(17-9)8-3-4-10(14)11(15)5-8/h3-5,7H,2,6,15H2,1H3,(H,16,18). The number of amides is 1. The van der Waals surface area contributed by atoms with Gasteiger partial charge in [0.2, 0.25) is 5.91 Å². The molecule has 0 aliphatic carbocycles. The van der Waals surface area contributed by atoms with E-state index in [2.05, 4.69) is 10.3 Å². The Labute approximate surface area is 120 Å². The number of hydrogen-bond acceptors (Lipinski definition) is 4. The quantitative estimate of drug-likeness (QED) is 0.852. The molecule has 1 aromatic heterocycles. The molecule has 0 aliphatic heterocycles. The summed E-state index contributed by atoms with van der Waals surface area (Å²) in [5.41, 5.74) is 7.97. The maximum Gasteiger partial charge on any atom is 0.226 e. The number of halogens is 1. The molecule has 0 fully saturated rings. The largest absolute Gasteiger partial charge is 0.398 e. The van der Waals surface area contributed by atoms with Crippen LogP contribution in [0, 0.1) is 0 Å². The van der Waals surface area contributed by atoms with Gasteiger partial charge in [-0.15, -0.1) is 11.3 Å². The zero-order chi connectivity index (χ0) is 13.8. The van der Waals surface area contributed by atoms with Gasteiger partial charge in [-0.25, -0.2) is 4.98 Å². The van der Waals surface area contributed by atoms with E-state index in [4.69, 9.17) is 17.3 Å². The number of likely N-dealkylation sites (N-methyl/N-ethyl adjacent to an activating group) is 1. The van der Waals surface area contributed by atoms with Gasteiger partial charge in [0.15, 0.2) is 0 Å². The van der Waals surface area contributed by atoms with Gasteiger partial charge in [0.25, 0.3) is 0 Å². The van der Waals surface area contributed by atoms with E-state index >= 15 is 0 Å².